The number of likely N-dealkylation sites (tertiary alicyclic amines) is 1. The number of benzene rings is 2. The summed E-state index contributed by atoms with van der Waals surface area (Å²) in [6.07, 6.45) is 2.52. The van der Waals surface area contributed by atoms with Gasteiger partial charge in [-0.15, -0.1) is 11.3 Å². The first-order valence-electron chi connectivity index (χ1n) is 12.8. The van der Waals surface area contributed by atoms with Crippen molar-refractivity contribution in [2.75, 3.05) is 6.54 Å². The normalized spacial score (nSPS) is 16.7. The minimum absolute atomic E-state index is 0.105. The molecule has 1 aliphatic rings. The maximum Gasteiger partial charge on any atom is 0.257 e. The lowest BCUT2D eigenvalue weighted by Crippen LogP contribution is -2.34. The van der Waals surface area contributed by atoms with E-state index in [0.29, 0.717) is 35.0 Å². The molecule has 39 heavy (non-hydrogen) atoms. The molecule has 2 atom stereocenters. The molecule has 4 heterocycles. The zero-order chi connectivity index (χ0) is 27.1. The third-order valence-corrected chi connectivity index (χ3v) is 8.67. The summed E-state index contributed by atoms with van der Waals surface area (Å²) in [7, 11) is 1.84. The van der Waals surface area contributed by atoms with Crippen molar-refractivity contribution < 1.29 is 14.3 Å². The second-order valence-corrected chi connectivity index (χ2v) is 11.4. The number of aliphatic hydroxyl groups is 1. The number of halogens is 1. The molecule has 1 amide bonds. The van der Waals surface area contributed by atoms with Crippen molar-refractivity contribution in [3.63, 3.8) is 0 Å². The summed E-state index contributed by atoms with van der Waals surface area (Å²) in [6.45, 7) is 1.70. The number of aromatic nitrogens is 2. The molecule has 8 nitrogen and oxygen atoms in total. The third kappa shape index (κ3) is 5.10. The van der Waals surface area contributed by atoms with Crippen LogP contribution in [-0.4, -0.2) is 38.1 Å². The van der Waals surface area contributed by atoms with Crippen LogP contribution in [0.4, 0.5) is 0 Å². The van der Waals surface area contributed by atoms with Crippen LogP contribution in [0.2, 0.25) is 5.02 Å². The molecule has 1 aliphatic heterocycles. The van der Waals surface area contributed by atoms with E-state index in [1.165, 1.54) is 11.3 Å². The minimum Gasteiger partial charge on any atom is -0.438 e. The smallest absolute Gasteiger partial charge is 0.257 e. The summed E-state index contributed by atoms with van der Waals surface area (Å²) in [5, 5.41) is 15.1. The monoisotopic (exact) mass is 562 g/mol. The Hall–Kier alpha value is -3.50. The van der Waals surface area contributed by atoms with E-state index in [4.69, 9.17) is 16.0 Å². The Labute approximate surface area is 233 Å². The van der Waals surface area contributed by atoms with Crippen LogP contribution in [0.1, 0.15) is 45.6 Å². The van der Waals surface area contributed by atoms with Gasteiger partial charge in [0.1, 0.15) is 22.0 Å². The predicted octanol–water partition coefficient (Wildman–Crippen LogP) is 5.02. The first-order valence-corrected chi connectivity index (χ1v) is 14.0. The molecule has 0 bridgehead atoms. The molecule has 2 aromatic carbocycles. The number of oxazole rings is 1. The number of hydrogen-bond donors (Lipinski definition) is 2. The lowest BCUT2D eigenvalue weighted by molar-refractivity contribution is 0.0503. The Morgan fingerprint density at radius 1 is 1.26 bits per heavy atom. The largest absolute Gasteiger partial charge is 0.438 e. The number of rotatable bonds is 7. The predicted molar refractivity (Wildman–Crippen MR) is 152 cm³/mol. The maximum atomic E-state index is 13.3. The van der Waals surface area contributed by atoms with E-state index >= 15 is 0 Å². The zero-order valence-electron chi connectivity index (χ0n) is 21.3. The highest BCUT2D eigenvalue weighted by Gasteiger charge is 2.34. The molecular formula is C29H27ClN4O4S. The van der Waals surface area contributed by atoms with Crippen LogP contribution in [0.5, 0.6) is 0 Å². The molecule has 10 heteroatoms. The van der Waals surface area contributed by atoms with Gasteiger partial charge in [-0.1, -0.05) is 35.9 Å². The van der Waals surface area contributed by atoms with E-state index in [2.05, 4.69) is 15.2 Å². The van der Waals surface area contributed by atoms with Crippen LogP contribution in [-0.2, 0) is 20.1 Å². The number of thiophene rings is 1. The van der Waals surface area contributed by atoms with Crippen molar-refractivity contribution >= 4 is 50.2 Å². The number of amides is 1. The average molecular weight is 563 g/mol. The average Bonchev–Trinajstić information content (AvgIpc) is 3.68. The lowest BCUT2D eigenvalue weighted by atomic mass is 10.1. The maximum absolute atomic E-state index is 13.3. The van der Waals surface area contributed by atoms with E-state index in [0.717, 1.165) is 40.2 Å². The van der Waals surface area contributed by atoms with Gasteiger partial charge < -0.3 is 19.4 Å². The summed E-state index contributed by atoms with van der Waals surface area (Å²) < 4.78 is 7.67. The zero-order valence-corrected chi connectivity index (χ0v) is 22.8. The van der Waals surface area contributed by atoms with Crippen molar-refractivity contribution in [1.82, 2.24) is 19.8 Å². The molecule has 3 aromatic heterocycles. The Morgan fingerprint density at radius 2 is 2.05 bits per heavy atom. The Kier molecular flexibility index (Phi) is 6.99. The molecule has 0 saturated carbocycles. The summed E-state index contributed by atoms with van der Waals surface area (Å²) in [5.41, 5.74) is 2.09. The Balaban J connectivity index is 1.20. The van der Waals surface area contributed by atoms with E-state index in [-0.39, 0.29) is 17.0 Å². The highest BCUT2D eigenvalue weighted by atomic mass is 35.5. The SMILES string of the molecule is Cn1cc(C(=O)NCc2ccc(Cl)cc2)c(=O)c2cc(CN3CCC[C@@H]3[C@@H](O)c3nc4ccccc4o3)sc21. The Morgan fingerprint density at radius 3 is 2.85 bits per heavy atom. The van der Waals surface area contributed by atoms with Gasteiger partial charge in [0.2, 0.25) is 11.3 Å². The number of aryl methyl sites for hydroxylation is 1. The molecule has 5 aromatic rings. The van der Waals surface area contributed by atoms with Crippen molar-refractivity contribution in [2.45, 2.75) is 38.1 Å². The number of nitrogens with zero attached hydrogens (tertiary/aromatic N) is 3. The molecule has 0 radical (unpaired) electrons. The summed E-state index contributed by atoms with van der Waals surface area (Å²) in [5.74, 6) is -0.0896. The summed E-state index contributed by atoms with van der Waals surface area (Å²) >= 11 is 7.46. The molecule has 1 fully saturated rings. The number of fused-ring (bicyclic) bond motifs is 2. The van der Waals surface area contributed by atoms with Gasteiger partial charge in [0.25, 0.3) is 5.91 Å². The number of hydrogen-bond acceptors (Lipinski definition) is 7. The number of carbonyl (C=O) groups is 1. The molecule has 0 unspecified atom stereocenters. The molecule has 0 spiro atoms. The number of pyridine rings is 1. The van der Waals surface area contributed by atoms with E-state index < -0.39 is 12.0 Å². The van der Waals surface area contributed by atoms with Crippen LogP contribution < -0.4 is 10.7 Å². The summed E-state index contributed by atoms with van der Waals surface area (Å²) in [6, 6.07) is 16.4. The molecule has 0 aliphatic carbocycles. The van der Waals surface area contributed by atoms with Crippen LogP contribution in [0, 0.1) is 0 Å². The topological polar surface area (TPSA) is 101 Å². The fourth-order valence-electron chi connectivity index (χ4n) is 5.22. The minimum atomic E-state index is -0.851. The van der Waals surface area contributed by atoms with E-state index in [9.17, 15) is 14.7 Å². The molecule has 2 N–H and O–H groups in total. The Bertz CT molecular complexity index is 1690. The number of aliphatic hydroxyl groups excluding tert-OH is 1. The highest BCUT2D eigenvalue weighted by molar-refractivity contribution is 7.18. The van der Waals surface area contributed by atoms with Crippen LogP contribution in [0.15, 0.2) is 70.0 Å². The van der Waals surface area contributed by atoms with Gasteiger partial charge in [-0.05, 0) is 55.3 Å². The fraction of sp³-hybridized carbons (Fsp3) is 0.276. The summed E-state index contributed by atoms with van der Waals surface area (Å²) in [4.78, 5) is 34.7. The second kappa shape index (κ2) is 10.6. The van der Waals surface area contributed by atoms with Crippen LogP contribution in [0.25, 0.3) is 21.3 Å². The van der Waals surface area contributed by atoms with E-state index in [1.807, 2.05) is 54.1 Å². The number of carbonyl (C=O) groups excluding carboxylic acids is 1. The van der Waals surface area contributed by atoms with Gasteiger partial charge in [-0.25, -0.2) is 4.98 Å². The molecular weight excluding hydrogens is 536 g/mol. The first-order chi connectivity index (χ1) is 18.9. The van der Waals surface area contributed by atoms with Crippen LogP contribution >= 0.6 is 22.9 Å². The molecule has 200 valence electrons. The van der Waals surface area contributed by atoms with Crippen molar-refractivity contribution in [3.05, 3.63) is 97.9 Å². The lowest BCUT2D eigenvalue weighted by Gasteiger charge is -2.26. The molecule has 1 saturated heterocycles. The third-order valence-electron chi connectivity index (χ3n) is 7.21. The van der Waals surface area contributed by atoms with Gasteiger partial charge in [0.15, 0.2) is 5.58 Å². The van der Waals surface area contributed by atoms with Gasteiger partial charge in [0.05, 0.1) is 5.39 Å². The van der Waals surface area contributed by atoms with Gasteiger partial charge in [-0.2, -0.15) is 0 Å². The van der Waals surface area contributed by atoms with E-state index in [1.54, 1.807) is 18.3 Å². The highest BCUT2D eigenvalue weighted by Crippen LogP contribution is 2.33. The van der Waals surface area contributed by atoms with Gasteiger partial charge in [0, 0.05) is 42.3 Å². The standard InChI is InChI=1S/C29H27ClN4O4S/c1-33-16-21(27(37)31-14-17-8-10-18(30)11-9-17)25(35)20-13-19(39-29(20)33)15-34-12-4-6-23(34)26(36)28-32-22-5-2-3-7-24(22)38-28/h2-3,5,7-11,13,16,23,26,36H,4,6,12,14-15H2,1H3,(H,31,37)/t23-,26-/m1/s1. The van der Waals surface area contributed by atoms with Crippen molar-refractivity contribution in [2.24, 2.45) is 7.05 Å². The van der Waals surface area contributed by atoms with Crippen molar-refractivity contribution in [3.8, 4) is 0 Å². The number of nitrogens with one attached hydrogen (secondary N) is 1. The van der Waals surface area contributed by atoms with Crippen molar-refractivity contribution in [1.29, 1.82) is 0 Å². The van der Waals surface area contributed by atoms with Gasteiger partial charge in [-0.3, -0.25) is 14.5 Å². The molecule has 6 rings (SSSR count). The van der Waals surface area contributed by atoms with Crippen LogP contribution in [0.3, 0.4) is 0 Å². The fourth-order valence-corrected chi connectivity index (χ4v) is 6.46. The second-order valence-electron chi connectivity index (χ2n) is 9.87. The first kappa shape index (κ1) is 25.8. The number of para-hydroxylation sites is 2. The quantitative estimate of drug-likeness (QED) is 0.289. The van der Waals surface area contributed by atoms with Gasteiger partial charge >= 0.3 is 0 Å².